The minimum absolute atomic E-state index is 0.0782. The number of hydrogen-bond donors (Lipinski definition) is 1. The first-order chi connectivity index (χ1) is 9.15. The van der Waals surface area contributed by atoms with Crippen molar-refractivity contribution in [3.05, 3.63) is 28.7 Å². The van der Waals surface area contributed by atoms with E-state index in [1.165, 1.54) is 11.8 Å². The zero-order chi connectivity index (χ0) is 13.4. The van der Waals surface area contributed by atoms with E-state index in [0.29, 0.717) is 22.7 Å². The highest BCUT2D eigenvalue weighted by Gasteiger charge is 2.25. The van der Waals surface area contributed by atoms with Crippen molar-refractivity contribution >= 4 is 28.5 Å². The summed E-state index contributed by atoms with van der Waals surface area (Å²) in [5, 5.41) is 5.53. The second-order valence-electron chi connectivity index (χ2n) is 4.48. The lowest BCUT2D eigenvalue weighted by atomic mass is 10.3. The fraction of sp³-hybridized carbons (Fsp3) is 0.333. The Morgan fingerprint density at radius 2 is 2.42 bits per heavy atom. The molecule has 98 valence electrons. The zero-order valence-electron chi connectivity index (χ0n) is 10.6. The van der Waals surface area contributed by atoms with Gasteiger partial charge in [0, 0.05) is 11.9 Å². The van der Waals surface area contributed by atoms with Crippen molar-refractivity contribution in [1.82, 2.24) is 20.0 Å². The summed E-state index contributed by atoms with van der Waals surface area (Å²) in [6.45, 7) is 4.55. The number of aromatic nitrogens is 3. The maximum atomic E-state index is 11.9. The molecule has 0 saturated heterocycles. The van der Waals surface area contributed by atoms with Gasteiger partial charge in [-0.2, -0.15) is 10.1 Å². The molecule has 0 fully saturated rings. The second kappa shape index (κ2) is 4.65. The van der Waals surface area contributed by atoms with Gasteiger partial charge in [-0.3, -0.25) is 10.2 Å². The molecule has 3 rings (SSSR count). The van der Waals surface area contributed by atoms with Gasteiger partial charge in [-0.25, -0.2) is 4.98 Å². The Kier molecular flexibility index (Phi) is 2.98. The van der Waals surface area contributed by atoms with Crippen molar-refractivity contribution in [3.63, 3.8) is 0 Å². The number of hydrazone groups is 1. The van der Waals surface area contributed by atoms with Gasteiger partial charge in [0.25, 0.3) is 5.56 Å². The highest BCUT2D eigenvalue weighted by Crippen LogP contribution is 2.29. The predicted octanol–water partition coefficient (Wildman–Crippen LogP) is 1.21. The van der Waals surface area contributed by atoms with Gasteiger partial charge in [0.2, 0.25) is 0 Å². The van der Waals surface area contributed by atoms with Gasteiger partial charge in [-0.15, -0.1) is 0 Å². The topological polar surface area (TPSA) is 72.2 Å². The van der Waals surface area contributed by atoms with Crippen LogP contribution in [0.5, 0.6) is 0 Å². The summed E-state index contributed by atoms with van der Waals surface area (Å²) < 4.78 is 1.96. The van der Waals surface area contributed by atoms with Gasteiger partial charge in [-0.1, -0.05) is 11.8 Å². The molecule has 3 heterocycles. The van der Waals surface area contributed by atoms with E-state index >= 15 is 0 Å². The number of pyridine rings is 1. The molecular weight excluding hydrogens is 262 g/mol. The molecule has 1 atom stereocenters. The Morgan fingerprint density at radius 1 is 1.58 bits per heavy atom. The highest BCUT2D eigenvalue weighted by molar-refractivity contribution is 7.99. The molecule has 0 radical (unpaired) electrons. The average Bonchev–Trinajstić information content (AvgIpc) is 2.80. The van der Waals surface area contributed by atoms with E-state index in [1.807, 2.05) is 18.4 Å². The lowest BCUT2D eigenvalue weighted by molar-refractivity contribution is 0.579. The summed E-state index contributed by atoms with van der Waals surface area (Å²) >= 11 is 1.50. The maximum absolute atomic E-state index is 11.9. The van der Waals surface area contributed by atoms with Crippen LogP contribution in [0.15, 0.2) is 33.4 Å². The molecule has 19 heavy (non-hydrogen) atoms. The minimum atomic E-state index is -0.224. The number of nitrogens with zero attached hydrogens (tertiary/aromatic N) is 4. The van der Waals surface area contributed by atoms with E-state index in [1.54, 1.807) is 18.3 Å². The summed E-state index contributed by atoms with van der Waals surface area (Å²) in [6, 6.07) is 3.51. The molecule has 2 aromatic rings. The van der Waals surface area contributed by atoms with Gasteiger partial charge in [0.05, 0.1) is 11.9 Å². The molecule has 1 N–H and O–H groups in total. The molecule has 0 aliphatic carbocycles. The quantitative estimate of drug-likeness (QED) is 0.506. The van der Waals surface area contributed by atoms with Crippen LogP contribution >= 0.6 is 11.8 Å². The Bertz CT molecular complexity index is 720. The van der Waals surface area contributed by atoms with Crippen molar-refractivity contribution in [1.29, 1.82) is 0 Å². The highest BCUT2D eigenvalue weighted by atomic mass is 32.2. The van der Waals surface area contributed by atoms with Crippen LogP contribution in [0, 0.1) is 0 Å². The van der Waals surface area contributed by atoms with Crippen molar-refractivity contribution in [2.24, 2.45) is 5.10 Å². The molecule has 0 amide bonds. The van der Waals surface area contributed by atoms with Gasteiger partial charge >= 0.3 is 0 Å². The monoisotopic (exact) mass is 275 g/mol. The van der Waals surface area contributed by atoms with E-state index in [-0.39, 0.29) is 10.9 Å². The van der Waals surface area contributed by atoms with Gasteiger partial charge < -0.3 is 4.57 Å². The number of thioether (sulfide) groups is 1. The summed E-state index contributed by atoms with van der Waals surface area (Å²) in [5.41, 5.74) is 4.49. The number of nitrogens with one attached hydrogen (secondary N) is 1. The third-order valence-electron chi connectivity index (χ3n) is 2.73. The Morgan fingerprint density at radius 3 is 3.21 bits per heavy atom. The van der Waals surface area contributed by atoms with Crippen molar-refractivity contribution in [2.75, 3.05) is 0 Å². The van der Waals surface area contributed by atoms with Crippen LogP contribution in [-0.4, -0.2) is 25.6 Å². The lowest BCUT2D eigenvalue weighted by Crippen LogP contribution is -2.22. The molecule has 2 aromatic heterocycles. The third-order valence-corrected chi connectivity index (χ3v) is 3.79. The predicted molar refractivity (Wildman–Crippen MR) is 75.4 cm³/mol. The van der Waals surface area contributed by atoms with Gasteiger partial charge in [0.15, 0.2) is 5.16 Å². The molecule has 6 nitrogen and oxygen atoms in total. The van der Waals surface area contributed by atoms with Crippen LogP contribution in [-0.2, 0) is 6.54 Å². The molecule has 0 aromatic carbocycles. The Balaban J connectivity index is 2.02. The second-order valence-corrected chi connectivity index (χ2v) is 5.65. The molecule has 0 bridgehead atoms. The van der Waals surface area contributed by atoms with E-state index in [4.69, 9.17) is 0 Å². The van der Waals surface area contributed by atoms with Crippen LogP contribution < -0.4 is 11.0 Å². The van der Waals surface area contributed by atoms with E-state index in [2.05, 4.69) is 20.5 Å². The van der Waals surface area contributed by atoms with Crippen LogP contribution in [0.4, 0.5) is 0 Å². The first-order valence-corrected chi connectivity index (χ1v) is 6.82. The molecule has 0 saturated carbocycles. The first-order valence-electron chi connectivity index (χ1n) is 5.94. The standard InChI is InChI=1S/C12H13N5OS/c1-7(2)15-16-9-6-17-10-8(4-3-5-13-10)11(18)14-12(17)19-9/h3-5,9,16H,6H2,1-2H3. The smallest absolute Gasteiger partial charge is 0.283 e. The van der Waals surface area contributed by atoms with Crippen LogP contribution in [0.2, 0.25) is 0 Å². The van der Waals surface area contributed by atoms with Gasteiger partial charge in [0.1, 0.15) is 11.0 Å². The minimum Gasteiger partial charge on any atom is -0.302 e. The molecule has 7 heteroatoms. The fourth-order valence-corrected chi connectivity index (χ4v) is 2.94. The van der Waals surface area contributed by atoms with Crippen LogP contribution in [0.25, 0.3) is 11.0 Å². The fourth-order valence-electron chi connectivity index (χ4n) is 1.93. The molecule has 1 unspecified atom stereocenters. The van der Waals surface area contributed by atoms with E-state index < -0.39 is 0 Å². The number of rotatable bonds is 2. The Hall–Kier alpha value is -1.89. The van der Waals surface area contributed by atoms with Crippen molar-refractivity contribution < 1.29 is 0 Å². The van der Waals surface area contributed by atoms with Crippen molar-refractivity contribution in [3.8, 4) is 0 Å². The first kappa shape index (κ1) is 12.2. The SMILES string of the molecule is CC(C)=NNC1Cn2c(nc(=O)c3cccnc32)S1. The van der Waals surface area contributed by atoms with Crippen molar-refractivity contribution in [2.45, 2.75) is 30.9 Å². The average molecular weight is 275 g/mol. The molecular formula is C12H13N5OS. The normalized spacial score (nSPS) is 17.3. The van der Waals surface area contributed by atoms with Gasteiger partial charge in [-0.05, 0) is 26.0 Å². The van der Waals surface area contributed by atoms with Crippen LogP contribution in [0.3, 0.4) is 0 Å². The molecule has 1 aliphatic heterocycles. The molecule has 1 aliphatic rings. The molecule has 0 spiro atoms. The maximum Gasteiger partial charge on any atom is 0.283 e. The lowest BCUT2D eigenvalue weighted by Gasteiger charge is -2.07. The summed E-state index contributed by atoms with van der Waals surface area (Å²) in [6.07, 6.45) is 1.69. The largest absolute Gasteiger partial charge is 0.302 e. The number of fused-ring (bicyclic) bond motifs is 3. The van der Waals surface area contributed by atoms with E-state index in [9.17, 15) is 4.79 Å². The third kappa shape index (κ3) is 2.21. The van der Waals surface area contributed by atoms with Crippen LogP contribution in [0.1, 0.15) is 13.8 Å². The Labute approximate surface area is 114 Å². The summed E-state index contributed by atoms with van der Waals surface area (Å²) in [7, 11) is 0. The summed E-state index contributed by atoms with van der Waals surface area (Å²) in [4.78, 5) is 20.3. The zero-order valence-corrected chi connectivity index (χ0v) is 11.4. The number of hydrogen-bond acceptors (Lipinski definition) is 6. The van der Waals surface area contributed by atoms with E-state index in [0.717, 1.165) is 5.71 Å². The summed E-state index contributed by atoms with van der Waals surface area (Å²) in [5.74, 6) is 0.